The van der Waals surface area contributed by atoms with Crippen LogP contribution in [0.1, 0.15) is 26.3 Å². The molecule has 1 aliphatic heterocycles. The molecule has 0 radical (unpaired) electrons. The van der Waals surface area contributed by atoms with E-state index in [0.717, 1.165) is 4.90 Å². The average Bonchev–Trinajstić information content (AvgIpc) is 2.75. The minimum Gasteiger partial charge on any atom is -0.494 e. The van der Waals surface area contributed by atoms with Crippen LogP contribution in [0.3, 0.4) is 0 Å². The second-order valence-corrected chi connectivity index (χ2v) is 8.41. The highest BCUT2D eigenvalue weighted by atomic mass is 79.9. The van der Waals surface area contributed by atoms with Crippen LogP contribution in [0.15, 0.2) is 44.9 Å². The normalized spacial score (nSPS) is 15.0. The van der Waals surface area contributed by atoms with Crippen molar-refractivity contribution in [3.63, 3.8) is 0 Å². The Hall–Kier alpha value is -2.85. The van der Waals surface area contributed by atoms with Crippen LogP contribution in [0.5, 0.6) is 17.2 Å². The van der Waals surface area contributed by atoms with Crippen LogP contribution >= 0.6 is 31.9 Å². The van der Waals surface area contributed by atoms with Crippen LogP contribution in [-0.2, 0) is 9.59 Å². The summed E-state index contributed by atoms with van der Waals surface area (Å²) in [5.41, 5.74) is 0.526. The van der Waals surface area contributed by atoms with Crippen LogP contribution in [0, 0.1) is 0 Å². The van der Waals surface area contributed by atoms with Crippen molar-refractivity contribution in [2.75, 3.05) is 24.7 Å². The Morgan fingerprint density at radius 2 is 1.55 bits per heavy atom. The molecule has 174 valence electrons. The van der Waals surface area contributed by atoms with Crippen molar-refractivity contribution in [2.45, 2.75) is 20.8 Å². The summed E-state index contributed by atoms with van der Waals surface area (Å²) >= 11 is 6.87. The predicted molar refractivity (Wildman–Crippen MR) is 131 cm³/mol. The Balaban J connectivity index is 2.06. The number of nitrogens with zero attached hydrogens (tertiary/aromatic N) is 1. The third-order valence-corrected chi connectivity index (χ3v) is 5.68. The lowest BCUT2D eigenvalue weighted by Crippen LogP contribution is -2.54. The smallest absolute Gasteiger partial charge is 0.336 e. The molecule has 3 rings (SSSR count). The molecule has 4 amide bonds. The summed E-state index contributed by atoms with van der Waals surface area (Å²) in [7, 11) is 0. The Kier molecular flexibility index (Phi) is 8.15. The molecule has 1 heterocycles. The molecule has 2 aromatic rings. The summed E-state index contributed by atoms with van der Waals surface area (Å²) in [6.45, 7) is 6.66. The quantitative estimate of drug-likeness (QED) is 0.345. The summed E-state index contributed by atoms with van der Waals surface area (Å²) < 4.78 is 18.0. The Morgan fingerprint density at radius 1 is 0.909 bits per heavy atom. The molecule has 0 aliphatic carbocycles. The van der Waals surface area contributed by atoms with E-state index in [0.29, 0.717) is 51.6 Å². The number of halogens is 2. The molecule has 0 spiro atoms. The van der Waals surface area contributed by atoms with Gasteiger partial charge in [0.05, 0.1) is 34.5 Å². The topological polar surface area (TPSA) is 94.2 Å². The lowest BCUT2D eigenvalue weighted by Gasteiger charge is -2.28. The number of urea groups is 1. The minimum atomic E-state index is -0.870. The van der Waals surface area contributed by atoms with E-state index >= 15 is 0 Å². The Labute approximate surface area is 208 Å². The maximum absolute atomic E-state index is 13.3. The molecular weight excluding hydrogens is 560 g/mol. The van der Waals surface area contributed by atoms with Crippen LogP contribution in [-0.4, -0.2) is 37.7 Å². The highest BCUT2D eigenvalue weighted by Crippen LogP contribution is 2.37. The largest absolute Gasteiger partial charge is 0.494 e. The van der Waals surface area contributed by atoms with E-state index in [1.54, 1.807) is 31.2 Å². The summed E-state index contributed by atoms with van der Waals surface area (Å²) in [6.07, 6.45) is 1.41. The molecule has 0 bridgehead atoms. The van der Waals surface area contributed by atoms with Crippen LogP contribution in [0.25, 0.3) is 6.08 Å². The number of rotatable bonds is 8. The van der Waals surface area contributed by atoms with E-state index in [4.69, 9.17) is 14.2 Å². The van der Waals surface area contributed by atoms with E-state index in [9.17, 15) is 14.4 Å². The number of carbonyl (C=O) groups excluding carboxylic acids is 3. The monoisotopic (exact) mass is 580 g/mol. The van der Waals surface area contributed by atoms with E-state index in [2.05, 4.69) is 37.2 Å². The fourth-order valence-electron chi connectivity index (χ4n) is 3.19. The second-order valence-electron chi connectivity index (χ2n) is 6.70. The molecule has 10 heteroatoms. The number of hydrogen-bond donors (Lipinski definition) is 1. The molecular formula is C23H22Br2N2O6. The van der Waals surface area contributed by atoms with Gasteiger partial charge in [0.2, 0.25) is 0 Å². The van der Waals surface area contributed by atoms with E-state index in [1.807, 2.05) is 13.8 Å². The van der Waals surface area contributed by atoms with Gasteiger partial charge in [-0.15, -0.1) is 0 Å². The number of carbonyl (C=O) groups is 3. The van der Waals surface area contributed by atoms with Crippen molar-refractivity contribution in [3.8, 4) is 17.2 Å². The third-order valence-electron chi connectivity index (χ3n) is 4.50. The maximum atomic E-state index is 13.3. The van der Waals surface area contributed by atoms with Crippen LogP contribution in [0.4, 0.5) is 10.5 Å². The molecule has 0 aromatic heterocycles. The first-order valence-corrected chi connectivity index (χ1v) is 11.8. The first-order chi connectivity index (χ1) is 15.8. The molecule has 2 aromatic carbocycles. The number of benzene rings is 2. The number of amides is 4. The zero-order valence-electron chi connectivity index (χ0n) is 18.2. The van der Waals surface area contributed by atoms with E-state index in [1.165, 1.54) is 12.1 Å². The van der Waals surface area contributed by atoms with Gasteiger partial charge in [-0.3, -0.25) is 14.9 Å². The SMILES string of the molecule is CCOc1ccc(OCC)c(N2C(=O)NC(=O)/C(=C\c3cc(Br)c(OCC)c(Br)c3)C2=O)c1. The Morgan fingerprint density at radius 3 is 2.15 bits per heavy atom. The fourth-order valence-corrected chi connectivity index (χ4v) is 4.64. The number of nitrogens with one attached hydrogen (secondary N) is 1. The van der Waals surface area contributed by atoms with Gasteiger partial charge < -0.3 is 14.2 Å². The summed E-state index contributed by atoms with van der Waals surface area (Å²) in [6, 6.07) is 7.39. The van der Waals surface area contributed by atoms with Crippen molar-refractivity contribution >= 4 is 61.5 Å². The van der Waals surface area contributed by atoms with Gasteiger partial charge in [-0.1, -0.05) is 0 Å². The van der Waals surface area contributed by atoms with Gasteiger partial charge >= 0.3 is 6.03 Å². The van der Waals surface area contributed by atoms with Gasteiger partial charge in [-0.25, -0.2) is 9.69 Å². The lowest BCUT2D eigenvalue weighted by atomic mass is 10.1. The zero-order chi connectivity index (χ0) is 24.1. The number of anilines is 1. The summed E-state index contributed by atoms with van der Waals surface area (Å²) in [5.74, 6) is -0.200. The van der Waals surface area contributed by atoms with Crippen molar-refractivity contribution in [3.05, 3.63) is 50.4 Å². The van der Waals surface area contributed by atoms with Crippen LogP contribution in [0.2, 0.25) is 0 Å². The summed E-state index contributed by atoms with van der Waals surface area (Å²) in [4.78, 5) is 39.5. The van der Waals surface area contributed by atoms with Crippen molar-refractivity contribution < 1.29 is 28.6 Å². The average molecular weight is 582 g/mol. The van der Waals surface area contributed by atoms with Crippen LogP contribution < -0.4 is 24.4 Å². The maximum Gasteiger partial charge on any atom is 0.336 e. The minimum absolute atomic E-state index is 0.178. The zero-order valence-corrected chi connectivity index (χ0v) is 21.4. The lowest BCUT2D eigenvalue weighted by molar-refractivity contribution is -0.122. The number of imide groups is 2. The van der Waals surface area contributed by atoms with Gasteiger partial charge in [0, 0.05) is 6.07 Å². The van der Waals surface area contributed by atoms with Gasteiger partial charge in [-0.2, -0.15) is 0 Å². The molecule has 1 aliphatic rings. The van der Waals surface area contributed by atoms with E-state index < -0.39 is 17.8 Å². The van der Waals surface area contributed by atoms with Gasteiger partial charge in [-0.05, 0) is 88.5 Å². The molecule has 8 nitrogen and oxygen atoms in total. The van der Waals surface area contributed by atoms with Crippen molar-refractivity contribution in [1.29, 1.82) is 0 Å². The highest BCUT2D eigenvalue weighted by molar-refractivity contribution is 9.11. The number of barbiturate groups is 1. The first kappa shape index (κ1) is 24.8. The predicted octanol–water partition coefficient (Wildman–Crippen LogP) is 5.07. The van der Waals surface area contributed by atoms with E-state index in [-0.39, 0.29) is 11.3 Å². The van der Waals surface area contributed by atoms with Crippen molar-refractivity contribution in [1.82, 2.24) is 5.32 Å². The molecule has 33 heavy (non-hydrogen) atoms. The Bertz CT molecular complexity index is 1110. The molecule has 1 fully saturated rings. The molecule has 0 unspecified atom stereocenters. The number of hydrogen-bond acceptors (Lipinski definition) is 6. The molecule has 0 atom stereocenters. The molecule has 1 saturated heterocycles. The first-order valence-electron chi connectivity index (χ1n) is 10.2. The molecule has 1 N–H and O–H groups in total. The van der Waals surface area contributed by atoms with Crippen molar-refractivity contribution in [2.24, 2.45) is 0 Å². The van der Waals surface area contributed by atoms with Gasteiger partial charge in [0.1, 0.15) is 22.8 Å². The highest BCUT2D eigenvalue weighted by Gasteiger charge is 2.38. The standard InChI is InChI=1S/C23H22Br2N2O6/c1-4-31-14-7-8-19(32-5-2)18(12-14)27-22(29)15(21(28)26-23(27)30)9-13-10-16(24)20(33-6-3)17(25)11-13/h7-12H,4-6H2,1-3H3,(H,26,28,30)/b15-9+. The van der Waals surface area contributed by atoms with Gasteiger partial charge in [0.15, 0.2) is 0 Å². The summed E-state index contributed by atoms with van der Waals surface area (Å²) in [5, 5.41) is 2.22. The number of ether oxygens (including phenoxy) is 3. The fraction of sp³-hybridized carbons (Fsp3) is 0.261. The van der Waals surface area contributed by atoms with Gasteiger partial charge in [0.25, 0.3) is 11.8 Å². The third kappa shape index (κ3) is 5.39. The molecule has 0 saturated carbocycles. The second kappa shape index (κ2) is 10.8.